The third-order valence-electron chi connectivity index (χ3n) is 5.04. The molecular formula is C20H25NO5. The predicted molar refractivity (Wildman–Crippen MR) is 96.1 cm³/mol. The molecule has 0 bridgehead atoms. The zero-order chi connectivity index (χ0) is 19.0. The zero-order valence-electron chi connectivity index (χ0n) is 14.7. The van der Waals surface area contributed by atoms with E-state index in [9.17, 15) is 19.5 Å². The monoisotopic (exact) mass is 359 g/mol. The van der Waals surface area contributed by atoms with Gasteiger partial charge in [0.2, 0.25) is 5.91 Å². The highest BCUT2D eigenvalue weighted by atomic mass is 16.4. The first-order valence-corrected chi connectivity index (χ1v) is 8.93. The second kappa shape index (κ2) is 9.32. The van der Waals surface area contributed by atoms with Crippen molar-refractivity contribution in [3.05, 3.63) is 41.5 Å². The molecule has 1 atom stereocenters. The third kappa shape index (κ3) is 5.28. The molecule has 1 amide bonds. The molecule has 1 aromatic rings. The van der Waals surface area contributed by atoms with E-state index in [4.69, 9.17) is 5.11 Å². The van der Waals surface area contributed by atoms with E-state index in [1.807, 2.05) is 36.3 Å². The van der Waals surface area contributed by atoms with E-state index in [-0.39, 0.29) is 12.5 Å². The molecule has 0 unspecified atom stereocenters. The van der Waals surface area contributed by atoms with Crippen LogP contribution in [-0.4, -0.2) is 40.7 Å². The Bertz CT molecular complexity index is 673. The molecule has 140 valence electrons. The van der Waals surface area contributed by atoms with Crippen LogP contribution in [-0.2, 0) is 20.8 Å². The van der Waals surface area contributed by atoms with Gasteiger partial charge in [-0.25, -0.2) is 9.59 Å². The van der Waals surface area contributed by atoms with Gasteiger partial charge in [-0.3, -0.25) is 4.79 Å². The van der Waals surface area contributed by atoms with Crippen LogP contribution in [0.15, 0.2) is 35.9 Å². The summed E-state index contributed by atoms with van der Waals surface area (Å²) in [6.45, 7) is -0.333. The lowest BCUT2D eigenvalue weighted by atomic mass is 9.78. The molecule has 0 heterocycles. The maximum Gasteiger partial charge on any atom is 0.334 e. The standard InChI is InChI=1S/C20H25NO5/c22-14-16(9-8-15-6-2-1-3-7-15)12-20(10-4-5-11-20)19(26)21-13-17(23)18(24)25/h1-3,6-7,17,23H,4-5,8-13H2,(H,21,26)(H,24,25)/t17-/m0/s1. The van der Waals surface area contributed by atoms with Gasteiger partial charge in [0.25, 0.3) is 0 Å². The van der Waals surface area contributed by atoms with Crippen LogP contribution >= 0.6 is 0 Å². The fourth-order valence-electron chi connectivity index (χ4n) is 3.52. The number of carboxylic acids is 1. The van der Waals surface area contributed by atoms with Crippen molar-refractivity contribution in [3.8, 4) is 0 Å². The number of aliphatic hydroxyl groups is 1. The number of carboxylic acid groups (broad SMARTS) is 1. The number of benzene rings is 1. The van der Waals surface area contributed by atoms with Crippen molar-refractivity contribution in [1.82, 2.24) is 5.32 Å². The van der Waals surface area contributed by atoms with E-state index < -0.39 is 17.5 Å². The minimum atomic E-state index is -1.63. The maximum absolute atomic E-state index is 12.7. The van der Waals surface area contributed by atoms with Gasteiger partial charge in [0.1, 0.15) is 5.94 Å². The minimum absolute atomic E-state index is 0.289. The van der Waals surface area contributed by atoms with Crippen LogP contribution < -0.4 is 5.32 Å². The van der Waals surface area contributed by atoms with Crippen molar-refractivity contribution in [2.75, 3.05) is 6.54 Å². The van der Waals surface area contributed by atoms with Crippen LogP contribution in [0.5, 0.6) is 0 Å². The number of carbonyl (C=O) groups excluding carboxylic acids is 2. The summed E-state index contributed by atoms with van der Waals surface area (Å²) in [5, 5.41) is 20.6. The van der Waals surface area contributed by atoms with E-state index in [1.54, 1.807) is 0 Å². The van der Waals surface area contributed by atoms with Gasteiger partial charge in [-0.05, 0) is 37.7 Å². The molecule has 1 aromatic carbocycles. The Labute approximate surface area is 152 Å². The van der Waals surface area contributed by atoms with Gasteiger partial charge in [0.05, 0.1) is 12.0 Å². The van der Waals surface area contributed by atoms with Gasteiger partial charge in [0, 0.05) is 5.57 Å². The number of allylic oxidation sites excluding steroid dienone is 1. The molecule has 3 N–H and O–H groups in total. The van der Waals surface area contributed by atoms with Gasteiger partial charge >= 0.3 is 5.97 Å². The molecule has 1 fully saturated rings. The summed E-state index contributed by atoms with van der Waals surface area (Å²) in [6.07, 6.45) is 3.03. The Hall–Kier alpha value is -2.43. The SMILES string of the molecule is O=C=C(CCc1ccccc1)CC1(C(=O)NC[C@H](O)C(=O)O)CCCC1. The number of carbonyl (C=O) groups is 2. The smallest absolute Gasteiger partial charge is 0.334 e. The summed E-state index contributed by atoms with van der Waals surface area (Å²) in [4.78, 5) is 34.8. The lowest BCUT2D eigenvalue weighted by Gasteiger charge is -2.28. The molecule has 1 aliphatic rings. The Morgan fingerprint density at radius 1 is 1.19 bits per heavy atom. The number of aryl methyl sites for hydroxylation is 1. The highest BCUT2D eigenvalue weighted by molar-refractivity contribution is 5.84. The fraction of sp³-hybridized carbons (Fsp3) is 0.500. The molecule has 0 saturated heterocycles. The summed E-state index contributed by atoms with van der Waals surface area (Å²) in [7, 11) is 0. The number of hydrogen-bond acceptors (Lipinski definition) is 4. The lowest BCUT2D eigenvalue weighted by molar-refractivity contribution is -0.146. The van der Waals surface area contributed by atoms with E-state index in [2.05, 4.69) is 5.32 Å². The van der Waals surface area contributed by atoms with Crippen molar-refractivity contribution < 1.29 is 24.6 Å². The summed E-state index contributed by atoms with van der Waals surface area (Å²) >= 11 is 0. The Morgan fingerprint density at radius 2 is 1.85 bits per heavy atom. The number of aliphatic hydroxyl groups excluding tert-OH is 1. The number of hydrogen-bond donors (Lipinski definition) is 3. The zero-order valence-corrected chi connectivity index (χ0v) is 14.7. The van der Waals surface area contributed by atoms with Crippen LogP contribution in [0, 0.1) is 5.41 Å². The summed E-state index contributed by atoms with van der Waals surface area (Å²) in [5.41, 5.74) is 0.987. The second-order valence-electron chi connectivity index (χ2n) is 6.92. The number of nitrogens with one attached hydrogen (secondary N) is 1. The molecule has 6 heteroatoms. The van der Waals surface area contributed by atoms with Crippen LogP contribution in [0.4, 0.5) is 0 Å². The van der Waals surface area contributed by atoms with Gasteiger partial charge < -0.3 is 15.5 Å². The number of aliphatic carboxylic acids is 1. The highest BCUT2D eigenvalue weighted by Crippen LogP contribution is 2.43. The van der Waals surface area contributed by atoms with Crippen molar-refractivity contribution in [1.29, 1.82) is 0 Å². The molecule has 0 aliphatic heterocycles. The van der Waals surface area contributed by atoms with Crippen LogP contribution in [0.3, 0.4) is 0 Å². The van der Waals surface area contributed by atoms with Gasteiger partial charge in [0.15, 0.2) is 6.10 Å². The summed E-state index contributed by atoms with van der Waals surface area (Å²) in [5.74, 6) is 0.343. The van der Waals surface area contributed by atoms with Crippen LogP contribution in [0.1, 0.15) is 44.1 Å². The first kappa shape index (κ1) is 19.9. The van der Waals surface area contributed by atoms with E-state index in [0.29, 0.717) is 37.7 Å². The van der Waals surface area contributed by atoms with E-state index in [1.165, 1.54) is 0 Å². The molecule has 6 nitrogen and oxygen atoms in total. The van der Waals surface area contributed by atoms with Crippen LogP contribution in [0.2, 0.25) is 0 Å². The van der Waals surface area contributed by atoms with Gasteiger partial charge in [-0.2, -0.15) is 0 Å². The molecule has 0 spiro atoms. The van der Waals surface area contributed by atoms with Gasteiger partial charge in [-0.1, -0.05) is 43.2 Å². The molecule has 2 rings (SSSR count). The number of rotatable bonds is 9. The first-order valence-electron chi connectivity index (χ1n) is 8.93. The molecule has 0 radical (unpaired) electrons. The Balaban J connectivity index is 1.99. The molecular weight excluding hydrogens is 334 g/mol. The van der Waals surface area contributed by atoms with Crippen molar-refractivity contribution in [2.24, 2.45) is 5.41 Å². The average molecular weight is 359 g/mol. The highest BCUT2D eigenvalue weighted by Gasteiger charge is 2.41. The van der Waals surface area contributed by atoms with Crippen molar-refractivity contribution in [3.63, 3.8) is 0 Å². The van der Waals surface area contributed by atoms with Gasteiger partial charge in [-0.15, -0.1) is 0 Å². The molecule has 1 saturated carbocycles. The third-order valence-corrected chi connectivity index (χ3v) is 5.04. The molecule has 0 aromatic heterocycles. The van der Waals surface area contributed by atoms with E-state index in [0.717, 1.165) is 18.4 Å². The van der Waals surface area contributed by atoms with E-state index >= 15 is 0 Å². The first-order chi connectivity index (χ1) is 12.5. The quantitative estimate of drug-likeness (QED) is 0.584. The summed E-state index contributed by atoms with van der Waals surface area (Å²) < 4.78 is 0. The van der Waals surface area contributed by atoms with Crippen molar-refractivity contribution in [2.45, 2.75) is 51.0 Å². The summed E-state index contributed by atoms with van der Waals surface area (Å²) in [6, 6.07) is 9.81. The predicted octanol–water partition coefficient (Wildman–Crippen LogP) is 1.89. The normalized spacial score (nSPS) is 16.5. The lowest BCUT2D eigenvalue weighted by Crippen LogP contribution is -2.44. The number of amides is 1. The average Bonchev–Trinajstić information content (AvgIpc) is 3.13. The Morgan fingerprint density at radius 3 is 2.42 bits per heavy atom. The second-order valence-corrected chi connectivity index (χ2v) is 6.92. The Kier molecular flexibility index (Phi) is 7.13. The molecule has 26 heavy (non-hydrogen) atoms. The van der Waals surface area contributed by atoms with Crippen LogP contribution in [0.25, 0.3) is 0 Å². The van der Waals surface area contributed by atoms with Crippen molar-refractivity contribution >= 4 is 17.8 Å². The fourth-order valence-corrected chi connectivity index (χ4v) is 3.52. The molecule has 1 aliphatic carbocycles. The maximum atomic E-state index is 12.7. The minimum Gasteiger partial charge on any atom is -0.479 e. The largest absolute Gasteiger partial charge is 0.479 e. The topological polar surface area (TPSA) is 104 Å².